The van der Waals surface area contributed by atoms with Gasteiger partial charge in [-0.1, -0.05) is 19.9 Å². The molecule has 482 valence electrons. The van der Waals surface area contributed by atoms with E-state index in [-0.39, 0.29) is 17.9 Å². The molecule has 22 N–H and O–H groups in total. The van der Waals surface area contributed by atoms with Crippen LogP contribution >= 0.6 is 0 Å². The molecule has 6 heterocycles. The second-order valence-electron chi connectivity index (χ2n) is 21.9. The highest BCUT2D eigenvalue weighted by molar-refractivity contribution is 5.69. The number of carbonyl (C=O) groups excluding carboxylic acids is 1. The van der Waals surface area contributed by atoms with Crippen LogP contribution in [-0.2, 0) is 61.6 Å². The van der Waals surface area contributed by atoms with Gasteiger partial charge >= 0.3 is 5.97 Å². The van der Waals surface area contributed by atoms with Crippen LogP contribution < -0.4 is 5.32 Å². The number of esters is 1. The van der Waals surface area contributed by atoms with Crippen LogP contribution in [0.15, 0.2) is 11.6 Å². The molecule has 0 bridgehead atoms. The first-order valence-corrected chi connectivity index (χ1v) is 27.0. The van der Waals surface area contributed by atoms with Gasteiger partial charge in [0, 0.05) is 6.42 Å². The van der Waals surface area contributed by atoms with E-state index in [4.69, 9.17) is 56.8 Å². The van der Waals surface area contributed by atoms with Crippen molar-refractivity contribution >= 4 is 5.97 Å². The van der Waals surface area contributed by atoms with Crippen LogP contribution in [0.4, 0.5) is 0 Å². The maximum absolute atomic E-state index is 12.8. The topological polar surface area (TPSA) is 565 Å². The van der Waals surface area contributed by atoms with E-state index in [9.17, 15) is 112 Å². The first-order chi connectivity index (χ1) is 39.2. The molecular weight excluding hydrogens is 1130 g/mol. The normalized spacial score (nSPS) is 50.0. The molecule has 1 aliphatic carbocycles. The van der Waals surface area contributed by atoms with Gasteiger partial charge < -0.3 is 169 Å². The molecule has 35 nitrogen and oxygen atoms in total. The molecule has 0 aromatic carbocycles. The van der Waals surface area contributed by atoms with Crippen molar-refractivity contribution < 1.29 is 169 Å². The molecule has 0 amide bonds. The van der Waals surface area contributed by atoms with Crippen molar-refractivity contribution in [3.05, 3.63) is 11.6 Å². The molecule has 0 saturated carbocycles. The summed E-state index contributed by atoms with van der Waals surface area (Å²) in [4.78, 5) is 12.8. The van der Waals surface area contributed by atoms with Gasteiger partial charge in [0.25, 0.3) is 0 Å². The summed E-state index contributed by atoms with van der Waals surface area (Å²) in [6.45, 7) is -0.480. The maximum Gasteiger partial charge on any atom is 0.306 e. The van der Waals surface area contributed by atoms with Crippen LogP contribution in [0.5, 0.6) is 0 Å². The van der Waals surface area contributed by atoms with Gasteiger partial charge in [-0.25, -0.2) is 0 Å². The van der Waals surface area contributed by atoms with Crippen molar-refractivity contribution in [3.63, 3.8) is 0 Å². The zero-order valence-electron chi connectivity index (χ0n) is 44.9. The minimum absolute atomic E-state index is 0.107. The fourth-order valence-corrected chi connectivity index (χ4v) is 10.8. The monoisotopic (exact) mass is 1220 g/mol. The van der Waals surface area contributed by atoms with Gasteiger partial charge in [-0.2, -0.15) is 0 Å². The highest BCUT2D eigenvalue weighted by atomic mass is 16.8. The zero-order valence-corrected chi connectivity index (χ0v) is 44.9. The smallest absolute Gasteiger partial charge is 0.306 e. The van der Waals surface area contributed by atoms with E-state index < -0.39 is 254 Å². The molecule has 0 radical (unpaired) electrons. The lowest BCUT2D eigenvalue weighted by Crippen LogP contribution is -2.69. The number of hydrogen-bond donors (Lipinski definition) is 22. The third-order valence-corrected chi connectivity index (χ3v) is 15.6. The minimum Gasteiger partial charge on any atom is -0.463 e. The number of aliphatic hydroxyl groups excluding tert-OH is 21. The Kier molecular flexibility index (Phi) is 24.3. The largest absolute Gasteiger partial charge is 0.463 e. The number of hydrogen-bond acceptors (Lipinski definition) is 35. The fourth-order valence-electron chi connectivity index (χ4n) is 10.8. The second-order valence-corrected chi connectivity index (χ2v) is 21.9. The van der Waals surface area contributed by atoms with E-state index in [1.807, 2.05) is 0 Å². The molecule has 6 saturated heterocycles. The van der Waals surface area contributed by atoms with Crippen LogP contribution in [0, 0.1) is 5.92 Å². The van der Waals surface area contributed by atoms with E-state index in [2.05, 4.69) is 5.32 Å². The van der Waals surface area contributed by atoms with E-state index >= 15 is 0 Å². The van der Waals surface area contributed by atoms with Crippen LogP contribution in [0.2, 0.25) is 0 Å². The van der Waals surface area contributed by atoms with Crippen molar-refractivity contribution in [1.82, 2.24) is 5.32 Å². The van der Waals surface area contributed by atoms with Crippen molar-refractivity contribution in [2.75, 3.05) is 39.6 Å². The standard InChI is InChI=1S/C48H81NO34/c1-12(2)4-21(55)72-11-20-42(83-44-33(66)25(58)22(13(3)73-44)49-15-5-14(6-50)38(27(60)23(15)56)79-45-34(67)26(59)24(57)16(7-51)75-45)31(64)37(70)48(78-20)82-41-19(10-54)77-47(36(69)30(41)63)81-40-18(9-53)76-46(35(68)29(40)62)80-39-17(8-52)74-43(71)32(65)28(39)61/h5,12-13,15-20,22-54,56-71H,4,6-11H2,1-3H3/t13?,15?,16?,17?,18?,19?,20?,22-,23?,24+,25?,26?,27?,28?,29?,30?,31?,32?,33?,34?,35?,36?,37?,38-,39-,40-,41-,42-,43?,44?,45-,46?,47?,48-/m0/s1. The summed E-state index contributed by atoms with van der Waals surface area (Å²) in [5.41, 5.74) is -0.107. The SMILES string of the molecule is CC(C)CC(=O)OCC1O[C@@H](O[C@H]2C(CO)OC(O[C@H]3C(CO)OC(O[C@H]4C(CO)OC(O)C(O)C4O)C(O)C3O)C(O)C2O)C(O)C(O)[C@H]1OC1OC(C)[C@H](NC2C=C(CO)[C@H](O[C@@H]3OC(CO)[C@@H](O)C(O)C3O)C(O)C2O)C(O)C1O. The Bertz CT molecular complexity index is 2050. The fraction of sp³-hybridized carbons (Fsp3) is 0.938. The van der Waals surface area contributed by atoms with E-state index in [0.717, 1.165) is 0 Å². The van der Waals surface area contributed by atoms with Crippen molar-refractivity contribution in [3.8, 4) is 0 Å². The number of rotatable bonds is 21. The highest BCUT2D eigenvalue weighted by Crippen LogP contribution is 2.37. The molecule has 25 unspecified atom stereocenters. The summed E-state index contributed by atoms with van der Waals surface area (Å²) in [5.74, 6) is -0.971. The summed E-state index contributed by atoms with van der Waals surface area (Å²) < 4.78 is 67.7. The quantitative estimate of drug-likeness (QED) is 0.0375. The minimum atomic E-state index is -2.20. The lowest BCUT2D eigenvalue weighted by molar-refractivity contribution is -0.391. The molecule has 6 aliphatic heterocycles. The average Bonchev–Trinajstić information content (AvgIpc) is 3.59. The van der Waals surface area contributed by atoms with Gasteiger partial charge in [-0.15, -0.1) is 0 Å². The predicted octanol–water partition coefficient (Wildman–Crippen LogP) is -13.5. The summed E-state index contributed by atoms with van der Waals surface area (Å²) in [6, 6.07) is -2.66. The highest BCUT2D eigenvalue weighted by Gasteiger charge is 2.57. The number of ether oxygens (including phenoxy) is 12. The predicted molar refractivity (Wildman–Crippen MR) is 259 cm³/mol. The molecule has 7 rings (SSSR count). The Hall–Kier alpha value is -2.11. The average molecular weight is 1220 g/mol. The van der Waals surface area contributed by atoms with E-state index in [0.29, 0.717) is 0 Å². The van der Waals surface area contributed by atoms with Gasteiger partial charge in [0.15, 0.2) is 37.7 Å². The number of nitrogens with one attached hydrogen (secondary N) is 1. The third kappa shape index (κ3) is 14.8. The van der Waals surface area contributed by atoms with Crippen LogP contribution in [0.25, 0.3) is 0 Å². The maximum atomic E-state index is 12.8. The van der Waals surface area contributed by atoms with Crippen molar-refractivity contribution in [1.29, 1.82) is 0 Å². The van der Waals surface area contributed by atoms with Gasteiger partial charge in [0.1, 0.15) is 159 Å². The molecule has 35 heteroatoms. The van der Waals surface area contributed by atoms with Crippen LogP contribution in [0.1, 0.15) is 27.2 Å². The molecule has 83 heavy (non-hydrogen) atoms. The zero-order chi connectivity index (χ0) is 61.2. The third-order valence-electron chi connectivity index (χ3n) is 15.6. The summed E-state index contributed by atoms with van der Waals surface area (Å²) in [7, 11) is 0. The molecule has 0 aromatic heterocycles. The first-order valence-electron chi connectivity index (χ1n) is 27.0. The lowest BCUT2D eigenvalue weighted by atomic mass is 9.86. The molecule has 34 atom stereocenters. The van der Waals surface area contributed by atoms with Gasteiger partial charge in [0.2, 0.25) is 0 Å². The van der Waals surface area contributed by atoms with Crippen molar-refractivity contribution in [2.45, 2.75) is 236 Å². The Labute approximate surface area is 472 Å². The van der Waals surface area contributed by atoms with Gasteiger partial charge in [0.05, 0.1) is 51.2 Å². The summed E-state index contributed by atoms with van der Waals surface area (Å²) in [6.07, 6.45) is -58.4. The van der Waals surface area contributed by atoms with Crippen LogP contribution in [0.3, 0.4) is 0 Å². The van der Waals surface area contributed by atoms with E-state index in [1.54, 1.807) is 13.8 Å². The van der Waals surface area contributed by atoms with Crippen molar-refractivity contribution in [2.24, 2.45) is 5.92 Å². The van der Waals surface area contributed by atoms with Crippen LogP contribution in [-0.4, -0.2) is 361 Å². The Balaban J connectivity index is 1.00. The molecule has 0 aromatic rings. The molecule has 6 fully saturated rings. The van der Waals surface area contributed by atoms with E-state index in [1.165, 1.54) is 13.0 Å². The second kappa shape index (κ2) is 29.5. The van der Waals surface area contributed by atoms with Gasteiger partial charge in [-0.05, 0) is 18.4 Å². The van der Waals surface area contributed by atoms with Gasteiger partial charge in [-0.3, -0.25) is 4.79 Å². The summed E-state index contributed by atoms with van der Waals surface area (Å²) in [5, 5.41) is 228. The number of aliphatic hydroxyl groups is 21. The molecule has 7 aliphatic rings. The Morgan fingerprint density at radius 2 is 0.855 bits per heavy atom. The molecule has 0 spiro atoms. The lowest BCUT2D eigenvalue weighted by Gasteiger charge is -2.50. The summed E-state index contributed by atoms with van der Waals surface area (Å²) >= 11 is 0. The first kappa shape index (κ1) is 68.4. The number of carbonyl (C=O) groups is 1. The Morgan fingerprint density at radius 1 is 0.458 bits per heavy atom. The molecular formula is C48H81NO34. The Morgan fingerprint density at radius 3 is 1.33 bits per heavy atom.